The van der Waals surface area contributed by atoms with E-state index in [1.807, 2.05) is 36.5 Å². The summed E-state index contributed by atoms with van der Waals surface area (Å²) in [5.74, 6) is 0. The number of hydrogen-bond donors (Lipinski definition) is 0. The van der Waals surface area contributed by atoms with E-state index in [0.29, 0.717) is 6.54 Å². The summed E-state index contributed by atoms with van der Waals surface area (Å²) in [6, 6.07) is 0. The van der Waals surface area contributed by atoms with Gasteiger partial charge in [-0.05, 0) is 11.6 Å². The Balaban J connectivity index is 2.29. The summed E-state index contributed by atoms with van der Waals surface area (Å²) in [4.78, 5) is 13.0. The van der Waals surface area contributed by atoms with Gasteiger partial charge in [-0.25, -0.2) is 4.79 Å². The van der Waals surface area contributed by atoms with Crippen LogP contribution in [0.15, 0.2) is 47.7 Å². The molecule has 14 heavy (non-hydrogen) atoms. The zero-order valence-corrected chi connectivity index (χ0v) is 7.93. The second-order valence-corrected chi connectivity index (χ2v) is 3.04. The summed E-state index contributed by atoms with van der Waals surface area (Å²) in [7, 11) is 1.39. The molecule has 0 atom stereocenters. The van der Waals surface area contributed by atoms with Gasteiger partial charge < -0.3 is 4.74 Å². The van der Waals surface area contributed by atoms with Gasteiger partial charge in [0.25, 0.3) is 0 Å². The molecule has 0 aromatic carbocycles. The molecule has 1 aliphatic carbocycles. The molecule has 0 bridgehead atoms. The van der Waals surface area contributed by atoms with Gasteiger partial charge in [-0.3, -0.25) is 4.90 Å². The lowest BCUT2D eigenvalue weighted by Gasteiger charge is -2.16. The number of hydrogen-bond acceptors (Lipinski definition) is 2. The van der Waals surface area contributed by atoms with Crippen molar-refractivity contribution < 1.29 is 9.53 Å². The van der Waals surface area contributed by atoms with Crippen molar-refractivity contribution in [2.75, 3.05) is 13.7 Å². The Labute approximate surface area is 82.7 Å². The Kier molecular flexibility index (Phi) is 2.23. The van der Waals surface area contributed by atoms with Crippen LogP contribution < -0.4 is 0 Å². The molecule has 0 aromatic rings. The van der Waals surface area contributed by atoms with Crippen molar-refractivity contribution in [3.8, 4) is 0 Å². The molecular weight excluding hydrogens is 178 g/mol. The smallest absolute Gasteiger partial charge is 0.414 e. The Morgan fingerprint density at radius 2 is 2.29 bits per heavy atom. The van der Waals surface area contributed by atoms with Crippen molar-refractivity contribution in [2.24, 2.45) is 0 Å². The van der Waals surface area contributed by atoms with E-state index in [1.54, 1.807) is 4.90 Å². The van der Waals surface area contributed by atoms with Gasteiger partial charge in [-0.2, -0.15) is 0 Å². The summed E-state index contributed by atoms with van der Waals surface area (Å²) < 4.78 is 4.69. The summed E-state index contributed by atoms with van der Waals surface area (Å²) in [6.07, 6.45) is 11.4. The highest BCUT2D eigenvalue weighted by Gasteiger charge is 2.24. The van der Waals surface area contributed by atoms with Gasteiger partial charge in [-0.15, -0.1) is 0 Å². The number of nitrogens with zero attached hydrogens (tertiary/aromatic N) is 1. The maximum Gasteiger partial charge on any atom is 0.414 e. The van der Waals surface area contributed by atoms with Crippen LogP contribution in [0.25, 0.3) is 0 Å². The van der Waals surface area contributed by atoms with Crippen LogP contribution in [0.5, 0.6) is 0 Å². The molecule has 0 saturated carbocycles. The molecule has 2 rings (SSSR count). The number of carbonyl (C=O) groups is 1. The summed E-state index contributed by atoms with van der Waals surface area (Å²) in [6.45, 7) is 0.589. The van der Waals surface area contributed by atoms with Gasteiger partial charge in [0.1, 0.15) is 0 Å². The van der Waals surface area contributed by atoms with E-state index in [1.165, 1.54) is 7.11 Å². The number of rotatable bonds is 0. The van der Waals surface area contributed by atoms with E-state index in [2.05, 4.69) is 4.74 Å². The lowest BCUT2D eigenvalue weighted by atomic mass is 10.2. The largest absolute Gasteiger partial charge is 0.452 e. The second kappa shape index (κ2) is 3.54. The number of allylic oxidation sites excluding steroid dienone is 5. The van der Waals surface area contributed by atoms with Gasteiger partial charge >= 0.3 is 6.09 Å². The Hall–Kier alpha value is -1.77. The fourth-order valence-corrected chi connectivity index (χ4v) is 1.54. The van der Waals surface area contributed by atoms with Crippen LogP contribution in [0, 0.1) is 0 Å². The molecule has 0 fully saturated rings. The first-order valence-electron chi connectivity index (χ1n) is 4.44. The molecule has 1 amide bonds. The van der Waals surface area contributed by atoms with Crippen molar-refractivity contribution in [3.63, 3.8) is 0 Å². The van der Waals surface area contributed by atoms with E-state index in [9.17, 15) is 4.79 Å². The molecule has 72 valence electrons. The minimum Gasteiger partial charge on any atom is -0.452 e. The molecule has 0 N–H and O–H groups in total. The second-order valence-electron chi connectivity index (χ2n) is 3.04. The van der Waals surface area contributed by atoms with E-state index >= 15 is 0 Å². The molecule has 0 radical (unpaired) electrons. The van der Waals surface area contributed by atoms with E-state index < -0.39 is 0 Å². The monoisotopic (exact) mass is 189 g/mol. The third kappa shape index (κ3) is 1.37. The van der Waals surface area contributed by atoms with Gasteiger partial charge in [0.05, 0.1) is 12.8 Å². The van der Waals surface area contributed by atoms with Crippen LogP contribution >= 0.6 is 0 Å². The minimum absolute atomic E-state index is 0.314. The summed E-state index contributed by atoms with van der Waals surface area (Å²) in [5, 5.41) is 0. The number of methoxy groups -OCH3 is 1. The lowest BCUT2D eigenvalue weighted by Crippen LogP contribution is -2.27. The van der Waals surface area contributed by atoms with Crippen LogP contribution in [-0.4, -0.2) is 24.6 Å². The molecular formula is C11H11NO2. The maximum absolute atomic E-state index is 11.4. The third-order valence-electron chi connectivity index (χ3n) is 2.23. The predicted octanol–water partition coefficient (Wildman–Crippen LogP) is 2.00. The molecule has 0 unspecified atom stereocenters. The van der Waals surface area contributed by atoms with Crippen LogP contribution in [0.1, 0.15) is 0 Å². The first kappa shape index (κ1) is 8.81. The molecule has 3 nitrogen and oxygen atoms in total. The van der Waals surface area contributed by atoms with Crippen LogP contribution in [0.3, 0.4) is 0 Å². The normalized spacial score (nSPS) is 18.5. The molecule has 0 saturated heterocycles. The molecule has 1 aliphatic heterocycles. The van der Waals surface area contributed by atoms with E-state index in [-0.39, 0.29) is 6.09 Å². The predicted molar refractivity (Wildman–Crippen MR) is 53.6 cm³/mol. The Morgan fingerprint density at radius 1 is 1.43 bits per heavy atom. The summed E-state index contributed by atoms with van der Waals surface area (Å²) >= 11 is 0. The maximum atomic E-state index is 11.4. The molecule has 3 heteroatoms. The Bertz CT molecular complexity index is 375. The first-order valence-corrected chi connectivity index (χ1v) is 4.44. The number of carbonyl (C=O) groups excluding carboxylic acids is 1. The topological polar surface area (TPSA) is 29.5 Å². The van der Waals surface area contributed by atoms with Gasteiger partial charge in [-0.1, -0.05) is 30.4 Å². The number of amides is 1. The minimum atomic E-state index is -0.314. The standard InChI is InChI=1S/C11H11NO2/c1-14-11(13)12-8-7-9-5-3-2-4-6-10(9)12/h2-7H,8H2,1H3. The van der Waals surface area contributed by atoms with Crippen molar-refractivity contribution in [3.05, 3.63) is 47.7 Å². The Morgan fingerprint density at radius 3 is 3.07 bits per heavy atom. The van der Waals surface area contributed by atoms with Crippen molar-refractivity contribution in [2.45, 2.75) is 0 Å². The van der Waals surface area contributed by atoms with Crippen molar-refractivity contribution in [1.29, 1.82) is 0 Å². The molecule has 0 aromatic heterocycles. The number of ether oxygens (including phenoxy) is 1. The highest BCUT2D eigenvalue weighted by atomic mass is 16.5. The van der Waals surface area contributed by atoms with E-state index in [4.69, 9.17) is 0 Å². The van der Waals surface area contributed by atoms with E-state index in [0.717, 1.165) is 11.3 Å². The molecule has 0 spiro atoms. The first-order chi connectivity index (χ1) is 6.83. The third-order valence-corrected chi connectivity index (χ3v) is 2.23. The van der Waals surface area contributed by atoms with Crippen LogP contribution in [0.2, 0.25) is 0 Å². The fourth-order valence-electron chi connectivity index (χ4n) is 1.54. The van der Waals surface area contributed by atoms with Crippen molar-refractivity contribution in [1.82, 2.24) is 4.90 Å². The van der Waals surface area contributed by atoms with Gasteiger partial charge in [0, 0.05) is 6.54 Å². The zero-order valence-electron chi connectivity index (χ0n) is 7.93. The lowest BCUT2D eigenvalue weighted by molar-refractivity contribution is 0.142. The average molecular weight is 189 g/mol. The summed E-state index contributed by atoms with van der Waals surface area (Å²) in [5.41, 5.74) is 1.97. The highest BCUT2D eigenvalue weighted by Crippen LogP contribution is 2.25. The van der Waals surface area contributed by atoms with Crippen LogP contribution in [-0.2, 0) is 4.74 Å². The quantitative estimate of drug-likeness (QED) is 0.583. The van der Waals surface area contributed by atoms with Crippen molar-refractivity contribution >= 4 is 6.09 Å². The fraction of sp³-hybridized carbons (Fsp3) is 0.182. The zero-order chi connectivity index (χ0) is 9.97. The molecule has 1 heterocycles. The van der Waals surface area contributed by atoms with Crippen LogP contribution in [0.4, 0.5) is 4.79 Å². The highest BCUT2D eigenvalue weighted by molar-refractivity contribution is 5.74. The molecule has 2 aliphatic rings. The number of fused-ring (bicyclic) bond motifs is 1. The van der Waals surface area contributed by atoms with Gasteiger partial charge in [0.15, 0.2) is 0 Å². The van der Waals surface area contributed by atoms with Gasteiger partial charge in [0.2, 0.25) is 0 Å². The average Bonchev–Trinajstić information content (AvgIpc) is 2.46. The SMILES string of the molecule is COC(=O)N1CC=C2C=CC=CC=C21.